The minimum atomic E-state index is -0.825. The van der Waals surface area contributed by atoms with Gasteiger partial charge in [0, 0.05) is 11.1 Å². The van der Waals surface area contributed by atoms with Gasteiger partial charge in [-0.2, -0.15) is 15.8 Å². The molecule has 2 aliphatic rings. The van der Waals surface area contributed by atoms with Gasteiger partial charge in [0.2, 0.25) is 0 Å². The van der Waals surface area contributed by atoms with Crippen molar-refractivity contribution in [3.8, 4) is 18.2 Å². The molecule has 4 nitrogen and oxygen atoms in total. The van der Waals surface area contributed by atoms with Crippen LogP contribution in [0, 0.1) is 34.0 Å². The van der Waals surface area contributed by atoms with Gasteiger partial charge in [-0.25, -0.2) is 0 Å². The molecule has 0 spiro atoms. The molecule has 1 aliphatic carbocycles. The highest BCUT2D eigenvalue weighted by Crippen LogP contribution is 2.41. The molecular weight excluding hydrogens is 334 g/mol. The topological polar surface area (TPSA) is 80.6 Å². The zero-order chi connectivity index (χ0) is 18.6. The molecular formula is C20H16ClN3O. The summed E-state index contributed by atoms with van der Waals surface area (Å²) in [4.78, 5) is 0. The SMILES string of the molecule is C=C=C1CCCC(C=CC2=C(C#N)C(=C(C#N)C#N)OC2(C)C)=C1Cl. The van der Waals surface area contributed by atoms with E-state index in [-0.39, 0.29) is 16.9 Å². The van der Waals surface area contributed by atoms with Gasteiger partial charge in [0.15, 0.2) is 11.3 Å². The second-order valence-electron chi connectivity index (χ2n) is 6.12. The molecule has 0 unspecified atom stereocenters. The summed E-state index contributed by atoms with van der Waals surface area (Å²) in [5, 5.41) is 28.3. The normalized spacial score (nSPS) is 19.2. The smallest absolute Gasteiger partial charge is 0.172 e. The van der Waals surface area contributed by atoms with Crippen LogP contribution in [-0.2, 0) is 4.74 Å². The maximum absolute atomic E-state index is 9.51. The van der Waals surface area contributed by atoms with Crippen LogP contribution < -0.4 is 0 Å². The predicted molar refractivity (Wildman–Crippen MR) is 94.6 cm³/mol. The summed E-state index contributed by atoms with van der Waals surface area (Å²) in [6.07, 6.45) is 6.26. The van der Waals surface area contributed by atoms with Gasteiger partial charge >= 0.3 is 0 Å². The predicted octanol–water partition coefficient (Wildman–Crippen LogP) is 4.86. The van der Waals surface area contributed by atoms with E-state index >= 15 is 0 Å². The van der Waals surface area contributed by atoms with Crippen LogP contribution in [0.2, 0.25) is 0 Å². The zero-order valence-electron chi connectivity index (χ0n) is 14.1. The van der Waals surface area contributed by atoms with Gasteiger partial charge in [0.05, 0.1) is 5.03 Å². The molecule has 0 aromatic rings. The lowest BCUT2D eigenvalue weighted by Gasteiger charge is -2.21. The molecule has 0 N–H and O–H groups in total. The molecule has 0 fully saturated rings. The maximum Gasteiger partial charge on any atom is 0.172 e. The fourth-order valence-corrected chi connectivity index (χ4v) is 3.18. The first-order chi connectivity index (χ1) is 11.9. The standard InChI is InChI=1S/C20H16ClN3O/c1-4-13-6-5-7-14(18(13)21)8-9-17-16(12-24)19(15(10-22)11-23)25-20(17,2)3/h8-9H,1,5-7H2,2-3H3. The van der Waals surface area contributed by atoms with Crippen LogP contribution in [0.3, 0.4) is 0 Å². The average Bonchev–Trinajstić information content (AvgIpc) is 2.85. The molecule has 0 atom stereocenters. The van der Waals surface area contributed by atoms with Gasteiger partial charge in [-0.1, -0.05) is 30.3 Å². The largest absolute Gasteiger partial charge is 0.480 e. The number of hydrogen-bond acceptors (Lipinski definition) is 4. The highest BCUT2D eigenvalue weighted by atomic mass is 35.5. The fraction of sp³-hybridized carbons (Fsp3) is 0.300. The Hall–Kier alpha value is -2.96. The lowest BCUT2D eigenvalue weighted by atomic mass is 9.91. The Kier molecular flexibility index (Phi) is 5.36. The van der Waals surface area contributed by atoms with Gasteiger partial charge in [-0.3, -0.25) is 0 Å². The number of halogens is 1. The molecule has 0 amide bonds. The summed E-state index contributed by atoms with van der Waals surface area (Å²) in [7, 11) is 0. The lowest BCUT2D eigenvalue weighted by Crippen LogP contribution is -2.20. The summed E-state index contributed by atoms with van der Waals surface area (Å²) in [5.41, 5.74) is 4.47. The molecule has 1 aliphatic heterocycles. The summed E-state index contributed by atoms with van der Waals surface area (Å²) >= 11 is 6.38. The quantitative estimate of drug-likeness (QED) is 0.526. The van der Waals surface area contributed by atoms with Gasteiger partial charge < -0.3 is 4.74 Å². The van der Waals surface area contributed by atoms with Crippen molar-refractivity contribution in [3.05, 3.63) is 63.1 Å². The molecule has 124 valence electrons. The van der Waals surface area contributed by atoms with Gasteiger partial charge in [0.25, 0.3) is 0 Å². The molecule has 1 heterocycles. The molecule has 0 radical (unpaired) electrons. The third kappa shape index (κ3) is 3.45. The van der Waals surface area contributed by atoms with Crippen LogP contribution in [0.5, 0.6) is 0 Å². The highest BCUT2D eigenvalue weighted by Gasteiger charge is 2.38. The first-order valence-electron chi connectivity index (χ1n) is 7.74. The van der Waals surface area contributed by atoms with E-state index in [4.69, 9.17) is 26.9 Å². The van der Waals surface area contributed by atoms with E-state index in [9.17, 15) is 5.26 Å². The van der Waals surface area contributed by atoms with E-state index in [1.165, 1.54) is 0 Å². The van der Waals surface area contributed by atoms with Crippen molar-refractivity contribution >= 4 is 11.6 Å². The molecule has 2 rings (SSSR count). The number of hydrogen-bond donors (Lipinski definition) is 0. The number of ether oxygens (including phenoxy) is 1. The molecule has 0 aromatic heterocycles. The lowest BCUT2D eigenvalue weighted by molar-refractivity contribution is 0.0954. The maximum atomic E-state index is 9.51. The average molecular weight is 350 g/mol. The Bertz CT molecular complexity index is 901. The molecule has 0 aromatic carbocycles. The summed E-state index contributed by atoms with van der Waals surface area (Å²) in [6, 6.07) is 5.61. The first-order valence-corrected chi connectivity index (χ1v) is 8.12. The third-order valence-electron chi connectivity index (χ3n) is 4.15. The fourth-order valence-electron chi connectivity index (χ4n) is 2.86. The second kappa shape index (κ2) is 7.29. The Balaban J connectivity index is 2.57. The van der Waals surface area contributed by atoms with Gasteiger partial charge in [-0.05, 0) is 38.7 Å². The van der Waals surface area contributed by atoms with Crippen LogP contribution in [0.1, 0.15) is 33.1 Å². The molecule has 25 heavy (non-hydrogen) atoms. The van der Waals surface area contributed by atoms with Crippen LogP contribution in [0.4, 0.5) is 0 Å². The number of rotatable bonds is 2. The molecule has 5 heteroatoms. The Morgan fingerprint density at radius 3 is 2.44 bits per heavy atom. The van der Waals surface area contributed by atoms with E-state index < -0.39 is 5.60 Å². The molecule has 0 bridgehead atoms. The summed E-state index contributed by atoms with van der Waals surface area (Å²) < 4.78 is 5.73. The monoisotopic (exact) mass is 349 g/mol. The Morgan fingerprint density at radius 2 is 1.88 bits per heavy atom. The van der Waals surface area contributed by atoms with E-state index in [1.807, 2.05) is 6.08 Å². The van der Waals surface area contributed by atoms with Crippen molar-refractivity contribution in [2.45, 2.75) is 38.7 Å². The van der Waals surface area contributed by atoms with Gasteiger partial charge in [-0.15, -0.1) is 5.73 Å². The van der Waals surface area contributed by atoms with E-state index in [1.54, 1.807) is 32.1 Å². The van der Waals surface area contributed by atoms with E-state index in [0.717, 1.165) is 30.4 Å². The van der Waals surface area contributed by atoms with Crippen LogP contribution in [0.15, 0.2) is 63.1 Å². The zero-order valence-corrected chi connectivity index (χ0v) is 14.9. The van der Waals surface area contributed by atoms with Crippen LogP contribution >= 0.6 is 11.6 Å². The van der Waals surface area contributed by atoms with Crippen LogP contribution in [-0.4, -0.2) is 5.60 Å². The summed E-state index contributed by atoms with van der Waals surface area (Å²) in [5.74, 6) is 0.0348. The number of nitriles is 3. The highest BCUT2D eigenvalue weighted by molar-refractivity contribution is 6.32. The van der Waals surface area contributed by atoms with Gasteiger partial charge in [0.1, 0.15) is 29.4 Å². The van der Waals surface area contributed by atoms with Crippen molar-refractivity contribution < 1.29 is 4.74 Å². The minimum Gasteiger partial charge on any atom is -0.480 e. The molecule has 0 saturated heterocycles. The molecule has 0 saturated carbocycles. The van der Waals surface area contributed by atoms with E-state index in [2.05, 4.69) is 18.4 Å². The first kappa shape index (κ1) is 18.4. The summed E-state index contributed by atoms with van der Waals surface area (Å²) in [6.45, 7) is 7.23. The van der Waals surface area contributed by atoms with Crippen molar-refractivity contribution in [1.29, 1.82) is 15.8 Å². The number of nitrogens with zero attached hydrogens (tertiary/aromatic N) is 3. The Morgan fingerprint density at radius 1 is 1.20 bits per heavy atom. The number of allylic oxidation sites excluding steroid dienone is 6. The van der Waals surface area contributed by atoms with Crippen molar-refractivity contribution in [2.24, 2.45) is 0 Å². The minimum absolute atomic E-state index is 0.0348. The second-order valence-corrected chi connectivity index (χ2v) is 6.50. The Labute approximate surface area is 152 Å². The van der Waals surface area contributed by atoms with Crippen LogP contribution in [0.25, 0.3) is 0 Å². The third-order valence-corrected chi connectivity index (χ3v) is 4.62. The van der Waals surface area contributed by atoms with Crippen molar-refractivity contribution in [1.82, 2.24) is 0 Å². The van der Waals surface area contributed by atoms with Crippen molar-refractivity contribution in [2.75, 3.05) is 0 Å². The van der Waals surface area contributed by atoms with E-state index in [0.29, 0.717) is 10.6 Å². The van der Waals surface area contributed by atoms with Crippen molar-refractivity contribution in [3.63, 3.8) is 0 Å².